The smallest absolute Gasteiger partial charge is 0.337 e. The molecule has 21 heavy (non-hydrogen) atoms. The van der Waals surface area contributed by atoms with E-state index in [1.165, 1.54) is 38.1 Å². The van der Waals surface area contributed by atoms with Crippen molar-refractivity contribution in [3.63, 3.8) is 0 Å². The van der Waals surface area contributed by atoms with Gasteiger partial charge in [0.25, 0.3) is 0 Å². The second-order valence-corrected chi connectivity index (χ2v) is 5.87. The third-order valence-corrected chi connectivity index (χ3v) is 4.36. The largest absolute Gasteiger partial charge is 0.478 e. The number of rotatable bonds is 6. The van der Waals surface area contributed by atoms with Gasteiger partial charge in [-0.15, -0.1) is 0 Å². The Balaban J connectivity index is 1.81. The van der Waals surface area contributed by atoms with E-state index in [9.17, 15) is 4.79 Å². The van der Waals surface area contributed by atoms with Crippen molar-refractivity contribution >= 4 is 23.4 Å². The molecule has 0 spiro atoms. The van der Waals surface area contributed by atoms with Gasteiger partial charge in [0.1, 0.15) is 5.82 Å². The highest BCUT2D eigenvalue weighted by molar-refractivity contribution is 6.35. The zero-order valence-corrected chi connectivity index (χ0v) is 13.1. The summed E-state index contributed by atoms with van der Waals surface area (Å²) in [5.41, 5.74) is 0.0822. The molecule has 1 atom stereocenters. The van der Waals surface area contributed by atoms with E-state index in [0.29, 0.717) is 11.9 Å². The third kappa shape index (κ3) is 4.32. The number of nitrogens with zero attached hydrogens (tertiary/aromatic N) is 2. The fraction of sp³-hybridized carbons (Fsp3) is 0.600. The first-order chi connectivity index (χ1) is 10.1. The van der Waals surface area contributed by atoms with Gasteiger partial charge in [-0.1, -0.05) is 18.0 Å². The number of hydrogen-bond donors (Lipinski definition) is 2. The van der Waals surface area contributed by atoms with Crippen LogP contribution in [0.2, 0.25) is 5.02 Å². The number of hydrogen-bond acceptors (Lipinski definition) is 4. The quantitative estimate of drug-likeness (QED) is 0.790. The van der Waals surface area contributed by atoms with Gasteiger partial charge in [-0.25, -0.2) is 9.78 Å². The molecule has 1 aliphatic heterocycles. The lowest BCUT2D eigenvalue weighted by Crippen LogP contribution is -2.38. The van der Waals surface area contributed by atoms with E-state index in [1.807, 2.05) is 0 Å². The van der Waals surface area contributed by atoms with Gasteiger partial charge in [-0.3, -0.25) is 0 Å². The maximum absolute atomic E-state index is 11.0. The molecule has 6 heteroatoms. The van der Waals surface area contributed by atoms with Gasteiger partial charge in [0, 0.05) is 25.3 Å². The highest BCUT2D eigenvalue weighted by Crippen LogP contribution is 2.23. The molecule has 2 rings (SSSR count). The second kappa shape index (κ2) is 7.61. The van der Waals surface area contributed by atoms with E-state index in [1.54, 1.807) is 0 Å². The van der Waals surface area contributed by atoms with Gasteiger partial charge < -0.3 is 15.3 Å². The van der Waals surface area contributed by atoms with Gasteiger partial charge in [0.05, 0.1) is 10.6 Å². The Hall–Kier alpha value is -1.33. The van der Waals surface area contributed by atoms with Crippen molar-refractivity contribution in [2.45, 2.75) is 38.6 Å². The van der Waals surface area contributed by atoms with Crippen molar-refractivity contribution in [2.24, 2.45) is 0 Å². The van der Waals surface area contributed by atoms with Crippen LogP contribution in [0, 0.1) is 0 Å². The molecule has 0 saturated carbocycles. The highest BCUT2D eigenvalue weighted by Gasteiger charge is 2.17. The highest BCUT2D eigenvalue weighted by atomic mass is 35.5. The van der Waals surface area contributed by atoms with Gasteiger partial charge >= 0.3 is 5.97 Å². The van der Waals surface area contributed by atoms with Crippen molar-refractivity contribution in [3.05, 3.63) is 22.8 Å². The molecule has 0 aliphatic carbocycles. The normalized spacial score (nSPS) is 19.4. The van der Waals surface area contributed by atoms with Gasteiger partial charge in [-0.2, -0.15) is 0 Å². The zero-order valence-electron chi connectivity index (χ0n) is 12.3. The summed E-state index contributed by atoms with van der Waals surface area (Å²) >= 11 is 6.04. The molecule has 1 aromatic rings. The lowest BCUT2D eigenvalue weighted by molar-refractivity contribution is 0.0697. The van der Waals surface area contributed by atoms with Crippen LogP contribution in [0.5, 0.6) is 0 Å². The Morgan fingerprint density at radius 2 is 2.38 bits per heavy atom. The summed E-state index contributed by atoms with van der Waals surface area (Å²) in [4.78, 5) is 17.6. The number of likely N-dealkylation sites (tertiary alicyclic amines) is 1. The molecule has 1 unspecified atom stereocenters. The standard InChI is InChI=1S/C15H22ClN3O2/c1-11-5-2-3-9-19(11)10-4-7-17-14-13(16)12(15(20)21)6-8-18-14/h6,8,11H,2-5,7,9-10H2,1H3,(H,17,18)(H,20,21). The minimum atomic E-state index is -1.03. The molecule has 1 fully saturated rings. The summed E-state index contributed by atoms with van der Waals surface area (Å²) in [5, 5.41) is 12.3. The number of nitrogens with one attached hydrogen (secondary N) is 1. The number of carboxylic acid groups (broad SMARTS) is 1. The summed E-state index contributed by atoms with van der Waals surface area (Å²) in [6, 6.07) is 2.07. The molecule has 1 aliphatic rings. The molecule has 116 valence electrons. The SMILES string of the molecule is CC1CCCCN1CCCNc1nccc(C(=O)O)c1Cl. The summed E-state index contributed by atoms with van der Waals surface area (Å²) in [5.74, 6) is -0.587. The summed E-state index contributed by atoms with van der Waals surface area (Å²) in [6.07, 6.45) is 6.34. The summed E-state index contributed by atoms with van der Waals surface area (Å²) < 4.78 is 0. The van der Waals surface area contributed by atoms with E-state index in [4.69, 9.17) is 16.7 Å². The van der Waals surface area contributed by atoms with E-state index >= 15 is 0 Å². The van der Waals surface area contributed by atoms with Crippen LogP contribution in [0.3, 0.4) is 0 Å². The molecular formula is C15H22ClN3O2. The molecule has 0 amide bonds. The van der Waals surface area contributed by atoms with Crippen LogP contribution >= 0.6 is 11.6 Å². The van der Waals surface area contributed by atoms with Crippen molar-refractivity contribution in [1.29, 1.82) is 0 Å². The number of piperidine rings is 1. The van der Waals surface area contributed by atoms with Crippen molar-refractivity contribution in [1.82, 2.24) is 9.88 Å². The number of aromatic carboxylic acids is 1. The number of carboxylic acids is 1. The average molecular weight is 312 g/mol. The van der Waals surface area contributed by atoms with Crippen LogP contribution in [0.1, 0.15) is 43.0 Å². The van der Waals surface area contributed by atoms with Gasteiger partial charge in [-0.05, 0) is 38.8 Å². The molecule has 2 N–H and O–H groups in total. The summed E-state index contributed by atoms with van der Waals surface area (Å²) in [7, 11) is 0. The van der Waals surface area contributed by atoms with Crippen LogP contribution in [-0.2, 0) is 0 Å². The van der Waals surface area contributed by atoms with Crippen LogP contribution in [-0.4, -0.2) is 46.6 Å². The lowest BCUT2D eigenvalue weighted by atomic mass is 10.0. The monoisotopic (exact) mass is 311 g/mol. The molecule has 1 saturated heterocycles. The maximum atomic E-state index is 11.0. The first-order valence-electron chi connectivity index (χ1n) is 7.45. The zero-order chi connectivity index (χ0) is 15.2. The molecule has 0 radical (unpaired) electrons. The van der Waals surface area contributed by atoms with Crippen LogP contribution in [0.15, 0.2) is 12.3 Å². The molecule has 2 heterocycles. The van der Waals surface area contributed by atoms with E-state index in [2.05, 4.69) is 22.1 Å². The molecule has 0 aromatic carbocycles. The van der Waals surface area contributed by atoms with Crippen LogP contribution in [0.25, 0.3) is 0 Å². The molecular weight excluding hydrogens is 290 g/mol. The number of anilines is 1. The van der Waals surface area contributed by atoms with Crippen LogP contribution < -0.4 is 5.32 Å². The predicted octanol–water partition coefficient (Wildman–Crippen LogP) is 3.11. The van der Waals surface area contributed by atoms with E-state index < -0.39 is 5.97 Å². The van der Waals surface area contributed by atoms with Gasteiger partial charge in [0.2, 0.25) is 0 Å². The second-order valence-electron chi connectivity index (χ2n) is 5.49. The Labute approximate surface area is 130 Å². The minimum Gasteiger partial charge on any atom is -0.478 e. The number of aromatic nitrogens is 1. The number of carbonyl (C=O) groups is 1. The minimum absolute atomic E-state index is 0.0822. The molecule has 0 bridgehead atoms. The Morgan fingerprint density at radius 1 is 1.57 bits per heavy atom. The van der Waals surface area contributed by atoms with Crippen molar-refractivity contribution < 1.29 is 9.90 Å². The maximum Gasteiger partial charge on any atom is 0.337 e. The summed E-state index contributed by atoms with van der Waals surface area (Å²) in [6.45, 7) is 5.24. The van der Waals surface area contributed by atoms with Crippen molar-refractivity contribution in [2.75, 3.05) is 25.0 Å². The Kier molecular flexibility index (Phi) is 5.82. The lowest BCUT2D eigenvalue weighted by Gasteiger charge is -2.33. The van der Waals surface area contributed by atoms with E-state index in [-0.39, 0.29) is 10.6 Å². The predicted molar refractivity (Wildman–Crippen MR) is 84.2 cm³/mol. The first-order valence-corrected chi connectivity index (χ1v) is 7.83. The Bertz CT molecular complexity index is 496. The van der Waals surface area contributed by atoms with Crippen LogP contribution in [0.4, 0.5) is 5.82 Å². The molecule has 1 aromatic heterocycles. The first kappa shape index (κ1) is 16.0. The number of halogens is 1. The van der Waals surface area contributed by atoms with E-state index in [0.717, 1.165) is 19.5 Å². The average Bonchev–Trinajstić information content (AvgIpc) is 2.46. The fourth-order valence-electron chi connectivity index (χ4n) is 2.71. The number of pyridine rings is 1. The Morgan fingerprint density at radius 3 is 3.10 bits per heavy atom. The molecule has 5 nitrogen and oxygen atoms in total. The van der Waals surface area contributed by atoms with Gasteiger partial charge in [0.15, 0.2) is 0 Å². The fourth-order valence-corrected chi connectivity index (χ4v) is 2.97. The van der Waals surface area contributed by atoms with Crippen molar-refractivity contribution in [3.8, 4) is 0 Å². The third-order valence-electron chi connectivity index (χ3n) is 3.97. The topological polar surface area (TPSA) is 65.5 Å².